The summed E-state index contributed by atoms with van der Waals surface area (Å²) in [5, 5.41) is 34.0. The van der Waals surface area contributed by atoms with Crippen LogP contribution in [0.3, 0.4) is 0 Å². The van der Waals surface area contributed by atoms with Gasteiger partial charge in [-0.25, -0.2) is 0 Å². The van der Waals surface area contributed by atoms with Crippen LogP contribution in [0.1, 0.15) is 22.3 Å². The van der Waals surface area contributed by atoms with Crippen molar-refractivity contribution in [3.05, 3.63) is 67.6 Å². The van der Waals surface area contributed by atoms with Crippen LogP contribution in [0.15, 0.2) is 45.3 Å². The Morgan fingerprint density at radius 3 is 0.909 bits per heavy atom. The van der Waals surface area contributed by atoms with Crippen LogP contribution >= 0.6 is 31.9 Å². The van der Waals surface area contributed by atoms with Gasteiger partial charge in [0.15, 0.2) is 0 Å². The second-order valence-corrected chi connectivity index (χ2v) is 5.74. The third kappa shape index (κ3) is 5.39. The van der Waals surface area contributed by atoms with Crippen molar-refractivity contribution < 1.29 is 0 Å². The van der Waals surface area contributed by atoms with Crippen LogP contribution in [0.4, 0.5) is 0 Å². The molecule has 0 saturated carbocycles. The Labute approximate surface area is 144 Å². The van der Waals surface area contributed by atoms with Crippen molar-refractivity contribution in [2.75, 3.05) is 0 Å². The van der Waals surface area contributed by atoms with Crippen LogP contribution in [0.5, 0.6) is 0 Å². The van der Waals surface area contributed by atoms with Crippen LogP contribution in [-0.4, -0.2) is 0 Å². The number of nitrogens with zero attached hydrogens (tertiary/aromatic N) is 4. The molecular formula is C16H6Br2N4. The third-order valence-electron chi connectivity index (χ3n) is 2.31. The number of hydrogen-bond acceptors (Lipinski definition) is 4. The Hall–Kier alpha value is -2.64. The summed E-state index contributed by atoms with van der Waals surface area (Å²) in [5.41, 5.74) is 1.98. The van der Waals surface area contributed by atoms with E-state index in [0.29, 0.717) is 22.3 Å². The lowest BCUT2D eigenvalue weighted by Gasteiger charge is -1.91. The SMILES string of the molecule is N#Cc1cc(Br)cc(C#N)c1.N#Cc1cc(Br)cc(C#N)c1. The molecule has 0 spiro atoms. The summed E-state index contributed by atoms with van der Waals surface area (Å²) in [6.07, 6.45) is 0. The van der Waals surface area contributed by atoms with E-state index in [9.17, 15) is 0 Å². The molecule has 2 aromatic carbocycles. The Morgan fingerprint density at radius 1 is 0.500 bits per heavy atom. The van der Waals surface area contributed by atoms with Crippen molar-refractivity contribution in [1.29, 1.82) is 21.0 Å². The van der Waals surface area contributed by atoms with Crippen molar-refractivity contribution in [3.8, 4) is 24.3 Å². The predicted octanol–water partition coefficient (Wildman–Crippen LogP) is 4.38. The van der Waals surface area contributed by atoms with Gasteiger partial charge in [-0.1, -0.05) is 31.9 Å². The highest BCUT2D eigenvalue weighted by molar-refractivity contribution is 9.10. The van der Waals surface area contributed by atoms with Gasteiger partial charge < -0.3 is 0 Å². The molecule has 2 rings (SSSR count). The molecule has 0 aliphatic rings. The summed E-state index contributed by atoms with van der Waals surface area (Å²) < 4.78 is 1.52. The maximum absolute atomic E-state index is 8.50. The monoisotopic (exact) mass is 412 g/mol. The first kappa shape index (κ1) is 17.4. The fraction of sp³-hybridized carbons (Fsp3) is 0. The summed E-state index contributed by atoms with van der Waals surface area (Å²) in [4.78, 5) is 0. The van der Waals surface area contributed by atoms with Gasteiger partial charge in [0.05, 0.1) is 46.5 Å². The lowest BCUT2D eigenvalue weighted by molar-refractivity contribution is 1.44. The summed E-state index contributed by atoms with van der Waals surface area (Å²) in [6, 6.07) is 17.6. The average molecular weight is 414 g/mol. The molecule has 0 saturated heterocycles. The van der Waals surface area contributed by atoms with Gasteiger partial charge in [-0.15, -0.1) is 0 Å². The highest BCUT2D eigenvalue weighted by Gasteiger charge is 1.97. The van der Waals surface area contributed by atoms with Crippen LogP contribution < -0.4 is 0 Å². The van der Waals surface area contributed by atoms with E-state index in [1.807, 2.05) is 24.3 Å². The van der Waals surface area contributed by atoms with Crippen molar-refractivity contribution in [3.63, 3.8) is 0 Å². The zero-order chi connectivity index (χ0) is 16.5. The molecule has 0 heterocycles. The van der Waals surface area contributed by atoms with E-state index in [-0.39, 0.29) is 0 Å². The normalized spacial score (nSPS) is 8.27. The van der Waals surface area contributed by atoms with Gasteiger partial charge in [-0.3, -0.25) is 0 Å². The van der Waals surface area contributed by atoms with Crippen molar-refractivity contribution in [2.45, 2.75) is 0 Å². The second-order valence-electron chi connectivity index (χ2n) is 3.90. The summed E-state index contributed by atoms with van der Waals surface area (Å²) in [5.74, 6) is 0. The van der Waals surface area contributed by atoms with Gasteiger partial charge >= 0.3 is 0 Å². The van der Waals surface area contributed by atoms with E-state index in [2.05, 4.69) is 31.9 Å². The van der Waals surface area contributed by atoms with Gasteiger partial charge in [0.2, 0.25) is 0 Å². The Bertz CT molecular complexity index is 724. The molecule has 0 atom stereocenters. The molecule has 0 aliphatic heterocycles. The van der Waals surface area contributed by atoms with E-state index in [4.69, 9.17) is 21.0 Å². The molecule has 0 N–H and O–H groups in total. The summed E-state index contributed by atoms with van der Waals surface area (Å²) >= 11 is 6.38. The second kappa shape index (κ2) is 8.60. The molecule has 4 nitrogen and oxygen atoms in total. The Balaban J connectivity index is 0.000000220. The van der Waals surface area contributed by atoms with Crippen molar-refractivity contribution >= 4 is 31.9 Å². The molecule has 0 bridgehead atoms. The zero-order valence-electron chi connectivity index (χ0n) is 11.0. The van der Waals surface area contributed by atoms with Gasteiger partial charge in [0.25, 0.3) is 0 Å². The number of nitriles is 4. The molecule has 2 aromatic rings. The molecule has 0 aliphatic carbocycles. The van der Waals surface area contributed by atoms with Gasteiger partial charge in [0, 0.05) is 8.95 Å². The van der Waals surface area contributed by atoms with Crippen LogP contribution in [-0.2, 0) is 0 Å². The zero-order valence-corrected chi connectivity index (χ0v) is 14.2. The predicted molar refractivity (Wildman–Crippen MR) is 87.1 cm³/mol. The van der Waals surface area contributed by atoms with E-state index in [0.717, 1.165) is 8.95 Å². The number of rotatable bonds is 0. The minimum absolute atomic E-state index is 0.496. The van der Waals surface area contributed by atoms with Crippen LogP contribution in [0, 0.1) is 45.3 Å². The van der Waals surface area contributed by atoms with Crippen molar-refractivity contribution in [1.82, 2.24) is 0 Å². The summed E-state index contributed by atoms with van der Waals surface area (Å²) in [6.45, 7) is 0. The molecule has 0 amide bonds. The highest BCUT2D eigenvalue weighted by atomic mass is 79.9. The average Bonchev–Trinajstić information content (AvgIpc) is 2.53. The standard InChI is InChI=1S/2C8H3BrN2/c2*9-8-2-6(4-10)1-7(3-8)5-11/h2*1-3H. The van der Waals surface area contributed by atoms with Gasteiger partial charge in [-0.2, -0.15) is 21.0 Å². The van der Waals surface area contributed by atoms with Crippen LogP contribution in [0.25, 0.3) is 0 Å². The molecule has 104 valence electrons. The Morgan fingerprint density at radius 2 is 0.727 bits per heavy atom. The topological polar surface area (TPSA) is 95.2 Å². The third-order valence-corrected chi connectivity index (χ3v) is 3.23. The van der Waals surface area contributed by atoms with Crippen molar-refractivity contribution in [2.24, 2.45) is 0 Å². The number of halogens is 2. The quantitative estimate of drug-likeness (QED) is 0.639. The van der Waals surface area contributed by atoms with E-state index >= 15 is 0 Å². The molecule has 0 aromatic heterocycles. The first-order valence-corrected chi connectivity index (χ1v) is 7.32. The van der Waals surface area contributed by atoms with E-state index in [1.54, 1.807) is 36.4 Å². The smallest absolute Gasteiger partial charge is 0.0992 e. The van der Waals surface area contributed by atoms with Crippen LogP contribution in [0.2, 0.25) is 0 Å². The largest absolute Gasteiger partial charge is 0.192 e. The molecule has 0 fully saturated rings. The highest BCUT2D eigenvalue weighted by Crippen LogP contribution is 2.15. The Kier molecular flexibility index (Phi) is 6.81. The molecule has 0 unspecified atom stereocenters. The summed E-state index contributed by atoms with van der Waals surface area (Å²) in [7, 11) is 0. The molecule has 0 radical (unpaired) electrons. The lowest BCUT2D eigenvalue weighted by Crippen LogP contribution is -1.78. The number of hydrogen-bond donors (Lipinski definition) is 0. The van der Waals surface area contributed by atoms with Gasteiger partial charge in [0.1, 0.15) is 0 Å². The maximum atomic E-state index is 8.50. The molecule has 22 heavy (non-hydrogen) atoms. The fourth-order valence-corrected chi connectivity index (χ4v) is 2.42. The van der Waals surface area contributed by atoms with Gasteiger partial charge in [-0.05, 0) is 36.4 Å². The minimum atomic E-state index is 0.496. The fourth-order valence-electron chi connectivity index (χ4n) is 1.44. The first-order chi connectivity index (χ1) is 10.5. The lowest BCUT2D eigenvalue weighted by atomic mass is 10.1. The molecular weight excluding hydrogens is 408 g/mol. The van der Waals surface area contributed by atoms with E-state index in [1.165, 1.54) is 0 Å². The minimum Gasteiger partial charge on any atom is -0.192 e. The van der Waals surface area contributed by atoms with E-state index < -0.39 is 0 Å². The maximum Gasteiger partial charge on any atom is 0.0992 e. The first-order valence-electron chi connectivity index (χ1n) is 5.74. The number of benzene rings is 2. The molecule has 6 heteroatoms.